The van der Waals surface area contributed by atoms with Crippen LogP contribution in [0.15, 0.2) is 36.7 Å². The van der Waals surface area contributed by atoms with Crippen LogP contribution in [0.25, 0.3) is 0 Å². The van der Waals surface area contributed by atoms with Crippen LogP contribution in [0.5, 0.6) is 5.75 Å². The van der Waals surface area contributed by atoms with Crippen LogP contribution in [-0.2, 0) is 11.3 Å². The van der Waals surface area contributed by atoms with Gasteiger partial charge in [-0.25, -0.2) is 0 Å². The Balaban J connectivity index is 1.91. The molecular formula is C12H12F2N4O2. The van der Waals surface area contributed by atoms with Gasteiger partial charge in [0.05, 0.1) is 11.9 Å². The van der Waals surface area contributed by atoms with E-state index in [0.29, 0.717) is 11.4 Å². The van der Waals surface area contributed by atoms with E-state index < -0.39 is 6.61 Å². The van der Waals surface area contributed by atoms with Crippen LogP contribution in [-0.4, -0.2) is 22.3 Å². The first-order chi connectivity index (χ1) is 9.52. The molecule has 0 saturated carbocycles. The molecule has 0 radical (unpaired) electrons. The predicted octanol–water partition coefficient (Wildman–Crippen LogP) is 1.71. The van der Waals surface area contributed by atoms with E-state index in [4.69, 9.17) is 5.73 Å². The molecule has 0 spiro atoms. The van der Waals surface area contributed by atoms with Gasteiger partial charge in [0.25, 0.3) is 0 Å². The summed E-state index contributed by atoms with van der Waals surface area (Å²) in [7, 11) is 0. The Hall–Kier alpha value is -2.64. The molecule has 0 bridgehead atoms. The number of nitrogens with one attached hydrogen (secondary N) is 1. The molecule has 2 rings (SSSR count). The molecule has 0 aliphatic rings. The lowest BCUT2D eigenvalue weighted by molar-refractivity contribution is -0.116. The summed E-state index contributed by atoms with van der Waals surface area (Å²) in [4.78, 5) is 11.7. The lowest BCUT2D eigenvalue weighted by Crippen LogP contribution is -2.18. The Kier molecular flexibility index (Phi) is 4.14. The highest BCUT2D eigenvalue weighted by molar-refractivity contribution is 5.90. The fraction of sp³-hybridized carbons (Fsp3) is 0.167. The Bertz CT molecular complexity index is 583. The highest BCUT2D eigenvalue weighted by atomic mass is 19.3. The van der Waals surface area contributed by atoms with E-state index in [0.717, 1.165) is 0 Å². The standard InChI is InChI=1S/C12H12F2N4O2/c13-12(14)20-10-3-1-9(2-4-10)17-11(19)7-18-6-8(15)5-16-18/h1-6,12H,7,15H2,(H,17,19). The second-order valence-electron chi connectivity index (χ2n) is 3.92. The highest BCUT2D eigenvalue weighted by Crippen LogP contribution is 2.17. The van der Waals surface area contributed by atoms with Crippen LogP contribution in [0, 0.1) is 0 Å². The third-order valence-corrected chi connectivity index (χ3v) is 2.32. The van der Waals surface area contributed by atoms with Crippen molar-refractivity contribution in [3.63, 3.8) is 0 Å². The number of halogens is 2. The van der Waals surface area contributed by atoms with Crippen LogP contribution in [0.1, 0.15) is 0 Å². The Labute approximate surface area is 113 Å². The van der Waals surface area contributed by atoms with E-state index in [9.17, 15) is 13.6 Å². The normalized spacial score (nSPS) is 10.6. The third kappa shape index (κ3) is 3.94. The minimum absolute atomic E-state index is 0.00643. The first-order valence-corrected chi connectivity index (χ1v) is 5.65. The molecule has 8 heteroatoms. The number of anilines is 2. The summed E-state index contributed by atoms with van der Waals surface area (Å²) >= 11 is 0. The Morgan fingerprint density at radius 2 is 2.10 bits per heavy atom. The monoisotopic (exact) mass is 282 g/mol. The minimum Gasteiger partial charge on any atom is -0.435 e. The molecule has 0 saturated heterocycles. The molecule has 6 nitrogen and oxygen atoms in total. The predicted molar refractivity (Wildman–Crippen MR) is 68.3 cm³/mol. The molecule has 1 aromatic heterocycles. The second-order valence-corrected chi connectivity index (χ2v) is 3.92. The van der Waals surface area contributed by atoms with Crippen LogP contribution < -0.4 is 15.8 Å². The van der Waals surface area contributed by atoms with Crippen molar-refractivity contribution in [1.82, 2.24) is 9.78 Å². The summed E-state index contributed by atoms with van der Waals surface area (Å²) in [6.07, 6.45) is 2.96. The number of aromatic nitrogens is 2. The molecule has 1 amide bonds. The van der Waals surface area contributed by atoms with E-state index in [1.165, 1.54) is 41.3 Å². The number of rotatable bonds is 5. The maximum absolute atomic E-state index is 12.0. The van der Waals surface area contributed by atoms with Crippen molar-refractivity contribution in [2.75, 3.05) is 11.1 Å². The van der Waals surface area contributed by atoms with Gasteiger partial charge in [-0.15, -0.1) is 0 Å². The molecule has 2 aromatic rings. The summed E-state index contributed by atoms with van der Waals surface area (Å²) in [5, 5.41) is 6.47. The molecule has 1 aromatic carbocycles. The van der Waals surface area contributed by atoms with Gasteiger partial charge in [-0.1, -0.05) is 0 Å². The largest absolute Gasteiger partial charge is 0.435 e. The van der Waals surface area contributed by atoms with Crippen molar-refractivity contribution in [3.05, 3.63) is 36.7 Å². The van der Waals surface area contributed by atoms with Gasteiger partial charge >= 0.3 is 6.61 Å². The molecular weight excluding hydrogens is 270 g/mol. The van der Waals surface area contributed by atoms with Gasteiger partial charge in [-0.3, -0.25) is 9.48 Å². The molecule has 0 fully saturated rings. The van der Waals surface area contributed by atoms with Crippen molar-refractivity contribution in [1.29, 1.82) is 0 Å². The molecule has 0 atom stereocenters. The van der Waals surface area contributed by atoms with Gasteiger partial charge in [-0.05, 0) is 24.3 Å². The number of amides is 1. The zero-order valence-electron chi connectivity index (χ0n) is 10.3. The van der Waals surface area contributed by atoms with Gasteiger partial charge in [0.2, 0.25) is 5.91 Å². The Morgan fingerprint density at radius 1 is 1.40 bits per heavy atom. The SMILES string of the molecule is Nc1cnn(CC(=O)Nc2ccc(OC(F)F)cc2)c1. The van der Waals surface area contributed by atoms with Gasteiger partial charge in [-0.2, -0.15) is 13.9 Å². The quantitative estimate of drug-likeness (QED) is 0.874. The van der Waals surface area contributed by atoms with E-state index in [1.807, 2.05) is 0 Å². The van der Waals surface area contributed by atoms with Gasteiger partial charge in [0, 0.05) is 11.9 Å². The summed E-state index contributed by atoms with van der Waals surface area (Å²) in [6, 6.07) is 5.61. The van der Waals surface area contributed by atoms with Crippen molar-refractivity contribution < 1.29 is 18.3 Å². The third-order valence-electron chi connectivity index (χ3n) is 2.32. The van der Waals surface area contributed by atoms with E-state index in [2.05, 4.69) is 15.2 Å². The number of hydrogen-bond acceptors (Lipinski definition) is 4. The van der Waals surface area contributed by atoms with E-state index in [-0.39, 0.29) is 18.2 Å². The lowest BCUT2D eigenvalue weighted by Gasteiger charge is -2.07. The average Bonchev–Trinajstić information content (AvgIpc) is 2.76. The van der Waals surface area contributed by atoms with Crippen LogP contribution >= 0.6 is 0 Å². The lowest BCUT2D eigenvalue weighted by atomic mass is 10.3. The number of nitrogens with two attached hydrogens (primary N) is 1. The first kappa shape index (κ1) is 13.8. The van der Waals surface area contributed by atoms with Gasteiger partial charge in [0.1, 0.15) is 12.3 Å². The number of benzene rings is 1. The molecule has 20 heavy (non-hydrogen) atoms. The number of hydrogen-bond donors (Lipinski definition) is 2. The average molecular weight is 282 g/mol. The van der Waals surface area contributed by atoms with Crippen molar-refractivity contribution in [2.24, 2.45) is 0 Å². The van der Waals surface area contributed by atoms with Crippen molar-refractivity contribution in [2.45, 2.75) is 13.2 Å². The number of nitrogen functional groups attached to an aromatic ring is 1. The summed E-state index contributed by atoms with van der Waals surface area (Å²) < 4.78 is 29.5. The van der Waals surface area contributed by atoms with Crippen LogP contribution in [0.3, 0.4) is 0 Å². The molecule has 0 unspecified atom stereocenters. The highest BCUT2D eigenvalue weighted by Gasteiger charge is 2.06. The number of carbonyl (C=O) groups is 1. The Morgan fingerprint density at radius 3 is 2.65 bits per heavy atom. The topological polar surface area (TPSA) is 82.2 Å². The summed E-state index contributed by atoms with van der Waals surface area (Å²) in [6.45, 7) is -2.87. The van der Waals surface area contributed by atoms with Crippen molar-refractivity contribution in [3.8, 4) is 5.75 Å². The van der Waals surface area contributed by atoms with Crippen molar-refractivity contribution >= 4 is 17.3 Å². The fourth-order valence-electron chi connectivity index (χ4n) is 1.53. The molecule has 106 valence electrons. The van der Waals surface area contributed by atoms with Crippen LogP contribution in [0.2, 0.25) is 0 Å². The number of ether oxygens (including phenoxy) is 1. The first-order valence-electron chi connectivity index (χ1n) is 5.65. The van der Waals surface area contributed by atoms with Gasteiger partial charge < -0.3 is 15.8 Å². The summed E-state index contributed by atoms with van der Waals surface area (Å²) in [5.74, 6) is -0.284. The van der Waals surface area contributed by atoms with Crippen LogP contribution in [0.4, 0.5) is 20.2 Å². The van der Waals surface area contributed by atoms with E-state index >= 15 is 0 Å². The zero-order valence-corrected chi connectivity index (χ0v) is 10.3. The maximum atomic E-state index is 12.0. The number of carbonyl (C=O) groups excluding carboxylic acids is 1. The second kappa shape index (κ2) is 6.00. The number of nitrogens with zero attached hydrogens (tertiary/aromatic N) is 2. The molecule has 0 aliphatic heterocycles. The minimum atomic E-state index is -2.87. The van der Waals surface area contributed by atoms with Gasteiger partial charge in [0.15, 0.2) is 0 Å². The zero-order chi connectivity index (χ0) is 14.5. The smallest absolute Gasteiger partial charge is 0.387 e. The molecule has 1 heterocycles. The fourth-order valence-corrected chi connectivity index (χ4v) is 1.53. The molecule has 3 N–H and O–H groups in total. The maximum Gasteiger partial charge on any atom is 0.387 e. The summed E-state index contributed by atoms with van der Waals surface area (Å²) in [5.41, 5.74) is 6.41. The molecule has 0 aliphatic carbocycles. The number of alkyl halides is 2. The van der Waals surface area contributed by atoms with E-state index in [1.54, 1.807) is 0 Å².